The van der Waals surface area contributed by atoms with Crippen LogP contribution in [0.15, 0.2) is 29.3 Å². The van der Waals surface area contributed by atoms with Crippen LogP contribution in [0.3, 0.4) is 0 Å². The minimum Gasteiger partial charge on any atom is -0.387 e. The molecule has 0 aliphatic carbocycles. The standard InChI is InChI=1S/C11H12N4O2/c1-7(16)10-11(13-6-5-12-10)8-3-4-9(17)15(2)14-8/h3-7,16H,1-2H3. The van der Waals surface area contributed by atoms with E-state index < -0.39 is 6.10 Å². The number of rotatable bonds is 2. The zero-order chi connectivity index (χ0) is 12.4. The highest BCUT2D eigenvalue weighted by molar-refractivity contribution is 5.56. The van der Waals surface area contributed by atoms with Crippen LogP contribution in [0.4, 0.5) is 0 Å². The maximum atomic E-state index is 11.2. The molecule has 6 nitrogen and oxygen atoms in total. The van der Waals surface area contributed by atoms with Crippen LogP contribution >= 0.6 is 0 Å². The van der Waals surface area contributed by atoms with Crippen molar-refractivity contribution in [3.63, 3.8) is 0 Å². The van der Waals surface area contributed by atoms with Gasteiger partial charge in [-0.3, -0.25) is 14.8 Å². The summed E-state index contributed by atoms with van der Waals surface area (Å²) in [5, 5.41) is 13.7. The minimum absolute atomic E-state index is 0.198. The fraction of sp³-hybridized carbons (Fsp3) is 0.273. The van der Waals surface area contributed by atoms with Gasteiger partial charge in [0.2, 0.25) is 0 Å². The van der Waals surface area contributed by atoms with Crippen molar-refractivity contribution in [2.24, 2.45) is 7.05 Å². The Morgan fingerprint density at radius 1 is 1.29 bits per heavy atom. The average molecular weight is 232 g/mol. The van der Waals surface area contributed by atoms with Gasteiger partial charge in [0.1, 0.15) is 11.4 Å². The molecule has 0 aliphatic heterocycles. The summed E-state index contributed by atoms with van der Waals surface area (Å²) in [7, 11) is 1.56. The van der Waals surface area contributed by atoms with Crippen molar-refractivity contribution in [2.75, 3.05) is 0 Å². The van der Waals surface area contributed by atoms with E-state index in [4.69, 9.17) is 0 Å². The number of aryl methyl sites for hydroxylation is 1. The fourth-order valence-electron chi connectivity index (χ4n) is 1.48. The van der Waals surface area contributed by atoms with Crippen molar-refractivity contribution in [3.8, 4) is 11.4 Å². The lowest BCUT2D eigenvalue weighted by atomic mass is 10.1. The maximum absolute atomic E-state index is 11.2. The second-order valence-electron chi connectivity index (χ2n) is 3.65. The summed E-state index contributed by atoms with van der Waals surface area (Å²) in [4.78, 5) is 19.4. The van der Waals surface area contributed by atoms with Crippen LogP contribution in [0.2, 0.25) is 0 Å². The fourth-order valence-corrected chi connectivity index (χ4v) is 1.48. The first-order chi connectivity index (χ1) is 8.09. The van der Waals surface area contributed by atoms with Gasteiger partial charge < -0.3 is 5.11 Å². The normalized spacial score (nSPS) is 12.4. The molecular formula is C11H12N4O2. The number of aliphatic hydroxyl groups is 1. The lowest BCUT2D eigenvalue weighted by molar-refractivity contribution is 0.194. The molecule has 2 heterocycles. The highest BCUT2D eigenvalue weighted by Gasteiger charge is 2.13. The summed E-state index contributed by atoms with van der Waals surface area (Å²) >= 11 is 0. The first-order valence-corrected chi connectivity index (χ1v) is 5.13. The van der Waals surface area contributed by atoms with Gasteiger partial charge in [0.25, 0.3) is 5.56 Å². The molecule has 0 spiro atoms. The Morgan fingerprint density at radius 2 is 2.00 bits per heavy atom. The van der Waals surface area contributed by atoms with E-state index in [2.05, 4.69) is 15.1 Å². The molecule has 6 heteroatoms. The van der Waals surface area contributed by atoms with Gasteiger partial charge in [-0.25, -0.2) is 4.68 Å². The molecule has 0 fully saturated rings. The van der Waals surface area contributed by atoms with E-state index in [-0.39, 0.29) is 5.56 Å². The minimum atomic E-state index is -0.738. The lowest BCUT2D eigenvalue weighted by Gasteiger charge is -2.09. The van der Waals surface area contributed by atoms with Crippen LogP contribution in [0.5, 0.6) is 0 Å². The van der Waals surface area contributed by atoms with Gasteiger partial charge in [-0.1, -0.05) is 0 Å². The molecule has 0 amide bonds. The molecule has 0 aromatic carbocycles. The van der Waals surface area contributed by atoms with E-state index in [1.54, 1.807) is 20.0 Å². The molecule has 0 saturated heterocycles. The number of hydrogen-bond acceptors (Lipinski definition) is 5. The third kappa shape index (κ3) is 2.21. The van der Waals surface area contributed by atoms with E-state index >= 15 is 0 Å². The number of aliphatic hydroxyl groups excluding tert-OH is 1. The third-order valence-electron chi connectivity index (χ3n) is 2.33. The van der Waals surface area contributed by atoms with E-state index in [1.165, 1.54) is 23.1 Å². The van der Waals surface area contributed by atoms with Crippen LogP contribution in [-0.4, -0.2) is 24.9 Å². The summed E-state index contributed by atoms with van der Waals surface area (Å²) in [5.41, 5.74) is 1.24. The molecule has 2 aromatic heterocycles. The average Bonchev–Trinajstić information content (AvgIpc) is 2.32. The monoisotopic (exact) mass is 232 g/mol. The second-order valence-corrected chi connectivity index (χ2v) is 3.65. The van der Waals surface area contributed by atoms with E-state index in [9.17, 15) is 9.90 Å². The Bertz CT molecular complexity index is 592. The first-order valence-electron chi connectivity index (χ1n) is 5.13. The van der Waals surface area contributed by atoms with Crippen molar-refractivity contribution in [1.82, 2.24) is 19.7 Å². The Balaban J connectivity index is 2.60. The first kappa shape index (κ1) is 11.4. The molecule has 2 aromatic rings. The summed E-state index contributed by atoms with van der Waals surface area (Å²) < 4.78 is 1.22. The van der Waals surface area contributed by atoms with Crippen LogP contribution in [-0.2, 0) is 7.05 Å². The predicted octanol–water partition coefficient (Wildman–Crippen LogP) is 0.291. The Labute approximate surface area is 97.6 Å². The van der Waals surface area contributed by atoms with Gasteiger partial charge in [0.05, 0.1) is 11.8 Å². The summed E-state index contributed by atoms with van der Waals surface area (Å²) in [6, 6.07) is 2.97. The Morgan fingerprint density at radius 3 is 2.65 bits per heavy atom. The largest absolute Gasteiger partial charge is 0.387 e. The Kier molecular flexibility index (Phi) is 2.97. The number of aromatic nitrogens is 4. The summed E-state index contributed by atoms with van der Waals surface area (Å²) in [5.74, 6) is 0. The van der Waals surface area contributed by atoms with Crippen LogP contribution in [0, 0.1) is 0 Å². The zero-order valence-electron chi connectivity index (χ0n) is 9.53. The molecule has 1 unspecified atom stereocenters. The molecule has 0 bridgehead atoms. The van der Waals surface area contributed by atoms with Crippen molar-refractivity contribution >= 4 is 0 Å². The van der Waals surface area contributed by atoms with Crippen molar-refractivity contribution < 1.29 is 5.11 Å². The van der Waals surface area contributed by atoms with Gasteiger partial charge in [-0.15, -0.1) is 0 Å². The molecule has 1 N–H and O–H groups in total. The molecule has 17 heavy (non-hydrogen) atoms. The molecular weight excluding hydrogens is 220 g/mol. The number of hydrogen-bond donors (Lipinski definition) is 1. The van der Waals surface area contributed by atoms with Gasteiger partial charge in [0, 0.05) is 25.5 Å². The topological polar surface area (TPSA) is 80.9 Å². The highest BCUT2D eigenvalue weighted by atomic mass is 16.3. The second kappa shape index (κ2) is 4.42. The molecule has 0 radical (unpaired) electrons. The summed E-state index contributed by atoms with van der Waals surface area (Å²) in [6.45, 7) is 1.61. The van der Waals surface area contributed by atoms with Crippen LogP contribution < -0.4 is 5.56 Å². The molecule has 0 saturated carbocycles. The molecule has 0 aliphatic rings. The predicted molar refractivity (Wildman–Crippen MR) is 61.1 cm³/mol. The summed E-state index contributed by atoms with van der Waals surface area (Å²) in [6.07, 6.45) is 2.29. The molecule has 2 rings (SSSR count). The van der Waals surface area contributed by atoms with E-state index in [1.807, 2.05) is 0 Å². The van der Waals surface area contributed by atoms with Crippen molar-refractivity contribution in [2.45, 2.75) is 13.0 Å². The highest BCUT2D eigenvalue weighted by Crippen LogP contribution is 2.21. The van der Waals surface area contributed by atoms with Gasteiger partial charge >= 0.3 is 0 Å². The SMILES string of the molecule is CC(O)c1nccnc1-c1ccc(=O)n(C)n1. The van der Waals surface area contributed by atoms with Crippen molar-refractivity contribution in [3.05, 3.63) is 40.6 Å². The molecule has 1 atom stereocenters. The zero-order valence-corrected chi connectivity index (χ0v) is 9.53. The molecule has 88 valence electrons. The van der Waals surface area contributed by atoms with E-state index in [0.717, 1.165) is 0 Å². The number of nitrogens with zero attached hydrogens (tertiary/aromatic N) is 4. The lowest BCUT2D eigenvalue weighted by Crippen LogP contribution is -2.18. The third-order valence-corrected chi connectivity index (χ3v) is 2.33. The Hall–Kier alpha value is -2.08. The van der Waals surface area contributed by atoms with Crippen molar-refractivity contribution in [1.29, 1.82) is 0 Å². The quantitative estimate of drug-likeness (QED) is 0.804. The van der Waals surface area contributed by atoms with Gasteiger partial charge in [-0.05, 0) is 13.0 Å². The van der Waals surface area contributed by atoms with Crippen LogP contribution in [0.25, 0.3) is 11.4 Å². The maximum Gasteiger partial charge on any atom is 0.266 e. The smallest absolute Gasteiger partial charge is 0.266 e. The van der Waals surface area contributed by atoms with Gasteiger partial charge in [0.15, 0.2) is 0 Å². The van der Waals surface area contributed by atoms with Gasteiger partial charge in [-0.2, -0.15) is 5.10 Å². The van der Waals surface area contributed by atoms with E-state index in [0.29, 0.717) is 17.1 Å². The van der Waals surface area contributed by atoms with Crippen LogP contribution in [0.1, 0.15) is 18.7 Å².